The summed E-state index contributed by atoms with van der Waals surface area (Å²) >= 11 is 3.79. The van der Waals surface area contributed by atoms with Crippen LogP contribution in [0.3, 0.4) is 0 Å². The zero-order valence-electron chi connectivity index (χ0n) is 11.6. The first kappa shape index (κ1) is 14.9. The van der Waals surface area contributed by atoms with Gasteiger partial charge >= 0.3 is 0 Å². The molecule has 1 aromatic heterocycles. The minimum Gasteiger partial charge on any atom is -0.298 e. The Kier molecular flexibility index (Phi) is 5.76. The van der Waals surface area contributed by atoms with Crippen LogP contribution >= 0.6 is 23.5 Å². The molecule has 2 rings (SSSR count). The van der Waals surface area contributed by atoms with Gasteiger partial charge in [0, 0.05) is 35.1 Å². The van der Waals surface area contributed by atoms with Crippen molar-refractivity contribution >= 4 is 29.3 Å². The van der Waals surface area contributed by atoms with Gasteiger partial charge in [0.15, 0.2) is 5.78 Å². The van der Waals surface area contributed by atoms with Gasteiger partial charge in [-0.05, 0) is 24.5 Å². The lowest BCUT2D eigenvalue weighted by Crippen LogP contribution is -2.33. The Labute approximate surface area is 124 Å². The van der Waals surface area contributed by atoms with Crippen LogP contribution in [0, 0.1) is 0 Å². The minimum atomic E-state index is 0.163. The molecule has 0 N–H and O–H groups in total. The second kappa shape index (κ2) is 7.34. The van der Waals surface area contributed by atoms with Gasteiger partial charge in [-0.2, -0.15) is 11.8 Å². The zero-order valence-corrected chi connectivity index (χ0v) is 13.2. The van der Waals surface area contributed by atoms with E-state index < -0.39 is 0 Å². The number of rotatable bonds is 5. The summed E-state index contributed by atoms with van der Waals surface area (Å²) in [6.45, 7) is 4.29. The molecule has 1 saturated heterocycles. The number of thioether (sulfide) groups is 2. The maximum Gasteiger partial charge on any atom is 0.152 e. The first-order chi connectivity index (χ1) is 9.24. The van der Waals surface area contributed by atoms with Gasteiger partial charge in [0.1, 0.15) is 0 Å². The predicted molar refractivity (Wildman–Crippen MR) is 85.1 cm³/mol. The van der Waals surface area contributed by atoms with Crippen molar-refractivity contribution in [3.05, 3.63) is 29.6 Å². The molecule has 104 valence electrons. The van der Waals surface area contributed by atoms with Crippen LogP contribution in [-0.4, -0.2) is 32.8 Å². The lowest BCUT2D eigenvalue weighted by molar-refractivity contribution is -0.118. The number of aromatic nitrogens is 1. The zero-order chi connectivity index (χ0) is 13.7. The van der Waals surface area contributed by atoms with Crippen LogP contribution in [-0.2, 0) is 17.6 Å². The quantitative estimate of drug-likeness (QED) is 0.833. The standard InChI is InChI=1S/C15H21NOS2/c1-3-11-5-6-12(16-10-11)9-13(17)15-14(4-2)18-7-8-19-15/h5-6,10,14-15H,3-4,7-9H2,1-2H3. The van der Waals surface area contributed by atoms with Gasteiger partial charge in [0.25, 0.3) is 0 Å². The van der Waals surface area contributed by atoms with Crippen LogP contribution in [0.15, 0.2) is 18.3 Å². The molecule has 0 saturated carbocycles. The average Bonchev–Trinajstić information content (AvgIpc) is 2.48. The predicted octanol–water partition coefficient (Wildman–Crippen LogP) is 3.38. The molecule has 0 bridgehead atoms. The molecule has 2 heterocycles. The Hall–Kier alpha value is -0.480. The summed E-state index contributed by atoms with van der Waals surface area (Å²) in [4.78, 5) is 16.8. The van der Waals surface area contributed by atoms with Gasteiger partial charge in [-0.3, -0.25) is 9.78 Å². The number of carbonyl (C=O) groups is 1. The largest absolute Gasteiger partial charge is 0.298 e. The summed E-state index contributed by atoms with van der Waals surface area (Å²) in [5.41, 5.74) is 2.14. The third-order valence-electron chi connectivity index (χ3n) is 3.42. The van der Waals surface area contributed by atoms with Crippen molar-refractivity contribution < 1.29 is 4.79 Å². The third-order valence-corrected chi connectivity index (χ3v) is 6.71. The number of Topliss-reactive ketones (excluding diaryl/α,β-unsaturated/α-hetero) is 1. The SMILES string of the molecule is CCc1ccc(CC(=O)C2SCCSC2CC)nc1. The van der Waals surface area contributed by atoms with E-state index in [0.29, 0.717) is 17.5 Å². The molecule has 4 heteroatoms. The number of nitrogens with zero attached hydrogens (tertiary/aromatic N) is 1. The maximum atomic E-state index is 12.4. The van der Waals surface area contributed by atoms with E-state index in [2.05, 4.69) is 24.9 Å². The fourth-order valence-corrected chi connectivity index (χ4v) is 5.29. The van der Waals surface area contributed by atoms with Crippen LogP contribution in [0.25, 0.3) is 0 Å². The molecular weight excluding hydrogens is 274 g/mol. The number of carbonyl (C=O) groups excluding carboxylic acids is 1. The Morgan fingerprint density at radius 1 is 1.32 bits per heavy atom. The smallest absolute Gasteiger partial charge is 0.152 e. The average molecular weight is 295 g/mol. The molecule has 1 aliphatic heterocycles. The van der Waals surface area contributed by atoms with Crippen molar-refractivity contribution in [1.29, 1.82) is 0 Å². The van der Waals surface area contributed by atoms with Crippen molar-refractivity contribution in [3.8, 4) is 0 Å². The number of hydrogen-bond donors (Lipinski definition) is 0. The molecular formula is C15H21NOS2. The minimum absolute atomic E-state index is 0.163. The normalized spacial score (nSPS) is 23.3. The first-order valence-electron chi connectivity index (χ1n) is 6.94. The molecule has 2 atom stereocenters. The highest BCUT2D eigenvalue weighted by molar-refractivity contribution is 8.07. The van der Waals surface area contributed by atoms with Gasteiger partial charge in [0.05, 0.1) is 5.25 Å². The van der Waals surface area contributed by atoms with E-state index in [1.165, 1.54) is 11.3 Å². The summed E-state index contributed by atoms with van der Waals surface area (Å²) < 4.78 is 0. The highest BCUT2D eigenvalue weighted by Crippen LogP contribution is 2.34. The molecule has 1 aromatic rings. The number of aryl methyl sites for hydroxylation is 1. The highest BCUT2D eigenvalue weighted by atomic mass is 32.2. The van der Waals surface area contributed by atoms with Crippen LogP contribution in [0.2, 0.25) is 0 Å². The first-order valence-corrected chi connectivity index (χ1v) is 9.04. The van der Waals surface area contributed by atoms with Crippen molar-refractivity contribution in [3.63, 3.8) is 0 Å². The van der Waals surface area contributed by atoms with E-state index in [4.69, 9.17) is 0 Å². The van der Waals surface area contributed by atoms with E-state index in [-0.39, 0.29) is 5.25 Å². The molecule has 1 fully saturated rings. The lowest BCUT2D eigenvalue weighted by atomic mass is 10.1. The van der Waals surface area contributed by atoms with Crippen LogP contribution in [0.4, 0.5) is 0 Å². The molecule has 2 unspecified atom stereocenters. The van der Waals surface area contributed by atoms with E-state index in [9.17, 15) is 4.79 Å². The summed E-state index contributed by atoms with van der Waals surface area (Å²) in [6.07, 6.45) is 4.45. The fraction of sp³-hybridized carbons (Fsp3) is 0.600. The summed E-state index contributed by atoms with van der Waals surface area (Å²) in [7, 11) is 0. The van der Waals surface area contributed by atoms with E-state index in [0.717, 1.165) is 24.3 Å². The maximum absolute atomic E-state index is 12.4. The molecule has 0 aromatic carbocycles. The summed E-state index contributed by atoms with van der Waals surface area (Å²) in [5, 5.41) is 0.651. The van der Waals surface area contributed by atoms with Gasteiger partial charge in [-0.15, -0.1) is 11.8 Å². The van der Waals surface area contributed by atoms with Crippen molar-refractivity contribution in [2.24, 2.45) is 0 Å². The Morgan fingerprint density at radius 2 is 2.11 bits per heavy atom. The molecule has 19 heavy (non-hydrogen) atoms. The van der Waals surface area contributed by atoms with E-state index >= 15 is 0 Å². The van der Waals surface area contributed by atoms with Gasteiger partial charge in [0.2, 0.25) is 0 Å². The van der Waals surface area contributed by atoms with E-state index in [1.54, 1.807) is 0 Å². The topological polar surface area (TPSA) is 30.0 Å². The number of hydrogen-bond acceptors (Lipinski definition) is 4. The Morgan fingerprint density at radius 3 is 2.74 bits per heavy atom. The summed E-state index contributed by atoms with van der Waals surface area (Å²) in [6, 6.07) is 4.08. The van der Waals surface area contributed by atoms with Crippen LogP contribution < -0.4 is 0 Å². The Bertz CT molecular complexity index is 419. The second-order valence-corrected chi connectivity index (χ2v) is 7.36. The van der Waals surface area contributed by atoms with Crippen molar-refractivity contribution in [1.82, 2.24) is 4.98 Å². The fourth-order valence-electron chi connectivity index (χ4n) is 2.25. The third kappa shape index (κ3) is 3.99. The van der Waals surface area contributed by atoms with Crippen molar-refractivity contribution in [2.75, 3.05) is 11.5 Å². The molecule has 0 radical (unpaired) electrons. The molecule has 0 aliphatic carbocycles. The molecule has 0 amide bonds. The van der Waals surface area contributed by atoms with Crippen LogP contribution in [0.1, 0.15) is 31.5 Å². The molecule has 2 nitrogen and oxygen atoms in total. The monoisotopic (exact) mass is 295 g/mol. The van der Waals surface area contributed by atoms with Gasteiger partial charge in [-0.25, -0.2) is 0 Å². The molecule has 1 aliphatic rings. The van der Waals surface area contributed by atoms with Crippen molar-refractivity contribution in [2.45, 2.75) is 43.6 Å². The van der Waals surface area contributed by atoms with Gasteiger partial charge < -0.3 is 0 Å². The van der Waals surface area contributed by atoms with E-state index in [1.807, 2.05) is 35.8 Å². The number of ketones is 1. The summed E-state index contributed by atoms with van der Waals surface area (Å²) in [5.74, 6) is 2.62. The van der Waals surface area contributed by atoms with Crippen LogP contribution in [0.5, 0.6) is 0 Å². The number of pyridine rings is 1. The van der Waals surface area contributed by atoms with Gasteiger partial charge in [-0.1, -0.05) is 19.9 Å². The highest BCUT2D eigenvalue weighted by Gasteiger charge is 2.30. The molecule has 0 spiro atoms. The lowest BCUT2D eigenvalue weighted by Gasteiger charge is -2.28. The second-order valence-electron chi connectivity index (χ2n) is 4.76. The Balaban J connectivity index is 1.98.